The van der Waals surface area contributed by atoms with Crippen LogP contribution in [-0.2, 0) is 16.6 Å². The van der Waals surface area contributed by atoms with Crippen molar-refractivity contribution in [2.75, 3.05) is 0 Å². The summed E-state index contributed by atoms with van der Waals surface area (Å²) < 4.78 is 28.6. The van der Waals surface area contributed by atoms with E-state index >= 15 is 0 Å². The molecule has 17 heavy (non-hydrogen) atoms. The van der Waals surface area contributed by atoms with Crippen LogP contribution in [0.25, 0.3) is 0 Å². The zero-order valence-corrected chi connectivity index (χ0v) is 10.9. The van der Waals surface area contributed by atoms with Gasteiger partial charge in [-0.05, 0) is 19.8 Å². The van der Waals surface area contributed by atoms with Crippen molar-refractivity contribution in [3.63, 3.8) is 0 Å². The van der Waals surface area contributed by atoms with Crippen LogP contribution in [0.15, 0.2) is 17.6 Å². The Balaban J connectivity index is 2.07. The van der Waals surface area contributed by atoms with Gasteiger partial charge in [-0.15, -0.1) is 0 Å². The summed E-state index contributed by atoms with van der Waals surface area (Å²) in [5.41, 5.74) is 0. The van der Waals surface area contributed by atoms with Crippen LogP contribution < -0.4 is 4.72 Å². The topological polar surface area (TPSA) is 64.0 Å². The molecule has 1 aromatic heterocycles. The van der Waals surface area contributed by atoms with Crippen LogP contribution >= 0.6 is 0 Å². The summed E-state index contributed by atoms with van der Waals surface area (Å²) in [4.78, 5) is 3.94. The fourth-order valence-electron chi connectivity index (χ4n) is 2.15. The number of hydrogen-bond acceptors (Lipinski definition) is 3. The van der Waals surface area contributed by atoms with Crippen molar-refractivity contribution in [2.24, 2.45) is 0 Å². The molecule has 1 heterocycles. The summed E-state index contributed by atoms with van der Waals surface area (Å²) in [6, 6.07) is 0.0838. The number of rotatable bonds is 4. The average molecular weight is 257 g/mol. The third-order valence-corrected chi connectivity index (χ3v) is 4.58. The molecule has 5 nitrogen and oxygen atoms in total. The molecule has 1 aromatic rings. The van der Waals surface area contributed by atoms with Gasteiger partial charge in [-0.3, -0.25) is 0 Å². The molecule has 96 valence electrons. The normalized spacial score (nSPS) is 18.4. The molecule has 0 aliphatic heterocycles. The molecular weight excluding hydrogens is 238 g/mol. The molecule has 6 heteroatoms. The van der Waals surface area contributed by atoms with Gasteiger partial charge in [0.2, 0.25) is 0 Å². The van der Waals surface area contributed by atoms with E-state index in [1.165, 1.54) is 6.42 Å². The van der Waals surface area contributed by atoms with Gasteiger partial charge in [0.05, 0.1) is 6.33 Å². The van der Waals surface area contributed by atoms with Crippen molar-refractivity contribution in [1.29, 1.82) is 0 Å². The highest BCUT2D eigenvalue weighted by molar-refractivity contribution is 7.89. The first-order valence-electron chi connectivity index (χ1n) is 6.16. The van der Waals surface area contributed by atoms with Gasteiger partial charge >= 0.3 is 0 Å². The number of sulfonamides is 1. The molecule has 0 bridgehead atoms. The molecule has 1 fully saturated rings. The maximum absolute atomic E-state index is 12.0. The first-order valence-corrected chi connectivity index (χ1v) is 7.64. The van der Waals surface area contributed by atoms with Crippen LogP contribution in [-0.4, -0.2) is 24.0 Å². The average Bonchev–Trinajstić information content (AvgIpc) is 2.79. The molecule has 0 unspecified atom stereocenters. The molecule has 0 amide bonds. The van der Waals surface area contributed by atoms with Crippen molar-refractivity contribution < 1.29 is 8.42 Å². The molecule has 2 rings (SSSR count). The lowest BCUT2D eigenvalue weighted by Crippen LogP contribution is -2.36. The van der Waals surface area contributed by atoms with E-state index in [4.69, 9.17) is 0 Å². The summed E-state index contributed by atoms with van der Waals surface area (Å²) in [6.07, 6.45) is 8.43. The monoisotopic (exact) mass is 257 g/mol. The molecule has 1 aliphatic rings. The summed E-state index contributed by atoms with van der Waals surface area (Å²) in [5.74, 6) is 0. The number of aromatic nitrogens is 2. The number of hydrogen-bond donors (Lipinski definition) is 1. The van der Waals surface area contributed by atoms with Crippen molar-refractivity contribution in [1.82, 2.24) is 14.3 Å². The summed E-state index contributed by atoms with van der Waals surface area (Å²) >= 11 is 0. The minimum atomic E-state index is -3.43. The Hall–Kier alpha value is -0.880. The highest BCUT2D eigenvalue weighted by Crippen LogP contribution is 2.19. The van der Waals surface area contributed by atoms with Crippen LogP contribution in [0.4, 0.5) is 0 Å². The number of nitrogens with one attached hydrogen (secondary N) is 1. The van der Waals surface area contributed by atoms with E-state index in [0.29, 0.717) is 0 Å². The second kappa shape index (κ2) is 5.18. The first kappa shape index (κ1) is 12.6. The maximum Gasteiger partial charge on any atom is 0.259 e. The van der Waals surface area contributed by atoms with Gasteiger partial charge in [-0.25, -0.2) is 18.1 Å². The molecule has 1 saturated carbocycles. The quantitative estimate of drug-likeness (QED) is 0.889. The van der Waals surface area contributed by atoms with Crippen LogP contribution in [0.1, 0.15) is 39.0 Å². The zero-order chi connectivity index (χ0) is 12.3. The van der Waals surface area contributed by atoms with Gasteiger partial charge in [0.1, 0.15) is 0 Å². The van der Waals surface area contributed by atoms with Crippen molar-refractivity contribution in [2.45, 2.75) is 56.6 Å². The fraction of sp³-hybridized carbons (Fsp3) is 0.727. The van der Waals surface area contributed by atoms with Crippen molar-refractivity contribution >= 4 is 10.0 Å². The van der Waals surface area contributed by atoms with E-state index in [9.17, 15) is 8.42 Å². The van der Waals surface area contributed by atoms with Crippen LogP contribution in [0.3, 0.4) is 0 Å². The standard InChI is InChI=1S/C11H19N3O2S/c1-2-14-8-11(12-9-14)17(15,16)13-10-6-4-3-5-7-10/h8-10,13H,2-7H2,1H3. The van der Waals surface area contributed by atoms with E-state index in [0.717, 1.165) is 32.2 Å². The predicted octanol–water partition coefficient (Wildman–Crippen LogP) is 1.51. The Kier molecular flexibility index (Phi) is 3.83. The maximum atomic E-state index is 12.0. The van der Waals surface area contributed by atoms with Gasteiger partial charge in [-0.2, -0.15) is 0 Å². The van der Waals surface area contributed by atoms with Gasteiger partial charge < -0.3 is 4.57 Å². The minimum absolute atomic E-state index is 0.0838. The van der Waals surface area contributed by atoms with Gasteiger partial charge in [0, 0.05) is 18.8 Å². The number of imidazole rings is 1. The van der Waals surface area contributed by atoms with Crippen molar-refractivity contribution in [3.05, 3.63) is 12.5 Å². The zero-order valence-electron chi connectivity index (χ0n) is 10.1. The third-order valence-electron chi connectivity index (χ3n) is 3.18. The van der Waals surface area contributed by atoms with E-state index < -0.39 is 10.0 Å². The van der Waals surface area contributed by atoms with Crippen molar-refractivity contribution in [3.8, 4) is 0 Å². The van der Waals surface area contributed by atoms with Gasteiger partial charge in [0.25, 0.3) is 10.0 Å². The van der Waals surface area contributed by atoms with Gasteiger partial charge in [0.15, 0.2) is 5.03 Å². The Labute approximate surface area is 102 Å². The fourth-order valence-corrected chi connectivity index (χ4v) is 3.41. The molecule has 1 N–H and O–H groups in total. The lowest BCUT2D eigenvalue weighted by atomic mass is 9.96. The number of aryl methyl sites for hydroxylation is 1. The van der Waals surface area contributed by atoms with Crippen LogP contribution in [0, 0.1) is 0 Å². The molecule has 0 radical (unpaired) electrons. The van der Waals surface area contributed by atoms with Gasteiger partial charge in [-0.1, -0.05) is 19.3 Å². The molecule has 0 aromatic carbocycles. The van der Waals surface area contributed by atoms with E-state index in [2.05, 4.69) is 9.71 Å². The molecule has 0 spiro atoms. The largest absolute Gasteiger partial charge is 0.336 e. The van der Waals surface area contributed by atoms with E-state index in [1.807, 2.05) is 6.92 Å². The SMILES string of the molecule is CCn1cnc(S(=O)(=O)NC2CCCCC2)c1. The summed E-state index contributed by atoms with van der Waals surface area (Å²) in [6.45, 7) is 2.68. The molecular formula is C11H19N3O2S. The Morgan fingerprint density at radius 1 is 1.41 bits per heavy atom. The first-order chi connectivity index (χ1) is 8.12. The summed E-state index contributed by atoms with van der Waals surface area (Å²) in [5, 5.41) is 0.130. The van der Waals surface area contributed by atoms with E-state index in [1.54, 1.807) is 17.1 Å². The number of nitrogens with zero attached hydrogens (tertiary/aromatic N) is 2. The lowest BCUT2D eigenvalue weighted by molar-refractivity contribution is 0.411. The Bertz CT molecular complexity index is 461. The second-order valence-electron chi connectivity index (χ2n) is 4.50. The Morgan fingerprint density at radius 3 is 2.71 bits per heavy atom. The minimum Gasteiger partial charge on any atom is -0.336 e. The molecule has 1 aliphatic carbocycles. The highest BCUT2D eigenvalue weighted by atomic mass is 32.2. The van der Waals surface area contributed by atoms with E-state index in [-0.39, 0.29) is 11.1 Å². The van der Waals surface area contributed by atoms with Crippen LogP contribution in [0.5, 0.6) is 0 Å². The second-order valence-corrected chi connectivity index (χ2v) is 6.16. The Morgan fingerprint density at radius 2 is 2.12 bits per heavy atom. The molecule has 0 atom stereocenters. The van der Waals surface area contributed by atoms with Crippen LogP contribution in [0.2, 0.25) is 0 Å². The highest BCUT2D eigenvalue weighted by Gasteiger charge is 2.23. The molecule has 0 saturated heterocycles. The lowest BCUT2D eigenvalue weighted by Gasteiger charge is -2.21. The smallest absolute Gasteiger partial charge is 0.259 e. The summed E-state index contributed by atoms with van der Waals surface area (Å²) in [7, 11) is -3.43. The predicted molar refractivity (Wildman–Crippen MR) is 65.1 cm³/mol. The third kappa shape index (κ3) is 3.07.